The highest BCUT2D eigenvalue weighted by Crippen LogP contribution is 2.30. The molecule has 0 saturated heterocycles. The normalized spacial score (nSPS) is 18.6. The van der Waals surface area contributed by atoms with Crippen LogP contribution >= 0.6 is 0 Å². The summed E-state index contributed by atoms with van der Waals surface area (Å²) in [4.78, 5) is 0. The van der Waals surface area contributed by atoms with Crippen LogP contribution in [0.4, 0.5) is 0 Å². The van der Waals surface area contributed by atoms with E-state index in [-0.39, 0.29) is 0 Å². The summed E-state index contributed by atoms with van der Waals surface area (Å²) >= 11 is 0. The molecule has 0 aliphatic carbocycles. The van der Waals surface area contributed by atoms with E-state index in [2.05, 4.69) is 27.2 Å². The monoisotopic (exact) mass is 265 g/mol. The third-order valence-corrected chi connectivity index (χ3v) is 4.02. The van der Waals surface area contributed by atoms with Crippen LogP contribution in [0.3, 0.4) is 0 Å². The van der Waals surface area contributed by atoms with Gasteiger partial charge < -0.3 is 4.74 Å². The lowest BCUT2D eigenvalue weighted by Crippen LogP contribution is -2.06. The first-order valence-corrected chi connectivity index (χ1v) is 8.49. The van der Waals surface area contributed by atoms with Crippen LogP contribution in [0.1, 0.15) is 91.4 Å². The topological polar surface area (TPSA) is 9.23 Å². The smallest absolute Gasteiger partial charge is 0.235 e. The molecule has 1 rings (SSSR count). The average Bonchev–Trinajstić information content (AvgIpc) is 2.75. The molecule has 0 spiro atoms. The van der Waals surface area contributed by atoms with Crippen LogP contribution in [0.25, 0.3) is 0 Å². The Morgan fingerprint density at radius 3 is 2.21 bits per heavy atom. The van der Waals surface area contributed by atoms with Crippen molar-refractivity contribution >= 4 is 0 Å². The number of hydrogen-bond donors (Lipinski definition) is 0. The third-order valence-electron chi connectivity index (χ3n) is 4.02. The molecule has 110 valence electrons. The molecule has 1 aliphatic heterocycles. The average molecular weight is 265 g/mol. The molecule has 0 fully saturated rings. The molecule has 0 amide bonds. The van der Waals surface area contributed by atoms with Crippen molar-refractivity contribution in [2.45, 2.75) is 97.5 Å². The summed E-state index contributed by atoms with van der Waals surface area (Å²) in [6, 6.07) is 0. The maximum atomic E-state index is 6.08. The molecule has 0 N–H and O–H groups in total. The lowest BCUT2D eigenvalue weighted by atomic mass is 10.0. The Hall–Kier alpha value is -0.590. The first-order chi connectivity index (χ1) is 9.27. The van der Waals surface area contributed by atoms with E-state index in [1.54, 1.807) is 0 Å². The summed E-state index contributed by atoms with van der Waals surface area (Å²) in [5.41, 5.74) is 1.40. The van der Waals surface area contributed by atoms with Crippen molar-refractivity contribution in [2.24, 2.45) is 0 Å². The van der Waals surface area contributed by atoms with Gasteiger partial charge in [0.2, 0.25) is 11.9 Å². The molecule has 0 aromatic carbocycles. The second-order valence-corrected chi connectivity index (χ2v) is 5.94. The van der Waals surface area contributed by atoms with Gasteiger partial charge in [-0.05, 0) is 12.8 Å². The van der Waals surface area contributed by atoms with Crippen molar-refractivity contribution in [3.63, 3.8) is 0 Å². The Bertz CT molecular complexity index is 254. The highest BCUT2D eigenvalue weighted by atomic mass is 16.5. The minimum absolute atomic E-state index is 0.378. The molecule has 1 nitrogen and oxygen atoms in total. The van der Waals surface area contributed by atoms with Crippen LogP contribution in [0.2, 0.25) is 0 Å². The first-order valence-electron chi connectivity index (χ1n) is 8.49. The predicted octanol–water partition coefficient (Wildman–Crippen LogP) is 6.19. The largest absolute Gasteiger partial charge is 0.384 e. The van der Waals surface area contributed by atoms with Gasteiger partial charge in [0, 0.05) is 13.3 Å². The van der Waals surface area contributed by atoms with Gasteiger partial charge in [0.15, 0.2) is 0 Å². The quantitative estimate of drug-likeness (QED) is 0.319. The number of rotatable bonds is 11. The summed E-state index contributed by atoms with van der Waals surface area (Å²) < 4.78 is 6.08. The fourth-order valence-electron chi connectivity index (χ4n) is 2.74. The highest BCUT2D eigenvalue weighted by molar-refractivity contribution is 5.23. The second kappa shape index (κ2) is 10.2. The van der Waals surface area contributed by atoms with Gasteiger partial charge in [0.25, 0.3) is 0 Å². The standard InChI is InChI=1S/C18H33O/c1-4-6-8-10-11-13-17-15-16(3)18(19-17)14-12-9-7-5-2/h15,17H,4-14H2,1-3H3/q+1. The van der Waals surface area contributed by atoms with Gasteiger partial charge in [-0.25, -0.2) is 0 Å². The molecule has 0 saturated carbocycles. The van der Waals surface area contributed by atoms with Gasteiger partial charge in [-0.15, -0.1) is 0 Å². The molecule has 19 heavy (non-hydrogen) atoms. The molecule has 1 heterocycles. The minimum Gasteiger partial charge on any atom is -0.384 e. The fourth-order valence-corrected chi connectivity index (χ4v) is 2.74. The Morgan fingerprint density at radius 2 is 1.53 bits per heavy atom. The van der Waals surface area contributed by atoms with Gasteiger partial charge in [0.05, 0.1) is 12.8 Å². The van der Waals surface area contributed by atoms with Crippen molar-refractivity contribution < 1.29 is 4.74 Å². The van der Waals surface area contributed by atoms with Crippen LogP contribution in [0.15, 0.2) is 11.3 Å². The van der Waals surface area contributed by atoms with Crippen LogP contribution < -0.4 is 0 Å². The Morgan fingerprint density at radius 1 is 0.895 bits per heavy atom. The van der Waals surface area contributed by atoms with E-state index >= 15 is 0 Å². The predicted molar refractivity (Wildman–Crippen MR) is 84.0 cm³/mol. The molecular weight excluding hydrogens is 232 g/mol. The van der Waals surface area contributed by atoms with Crippen LogP contribution in [0, 0.1) is 6.42 Å². The third kappa shape index (κ3) is 6.94. The maximum Gasteiger partial charge on any atom is 0.235 e. The SMILES string of the molecule is CCCCCCCC1[CH+]C(C)=C(CCCCCC)O1. The van der Waals surface area contributed by atoms with Gasteiger partial charge >= 0.3 is 0 Å². The van der Waals surface area contributed by atoms with Crippen molar-refractivity contribution in [1.29, 1.82) is 0 Å². The van der Waals surface area contributed by atoms with E-state index in [0.29, 0.717) is 6.10 Å². The molecule has 0 aromatic heterocycles. The Kier molecular flexibility index (Phi) is 8.86. The fraction of sp³-hybridized carbons (Fsp3) is 0.833. The molecule has 1 unspecified atom stereocenters. The molecule has 0 aromatic rings. The van der Waals surface area contributed by atoms with E-state index in [1.807, 2.05) is 0 Å². The van der Waals surface area contributed by atoms with Crippen LogP contribution in [-0.4, -0.2) is 6.10 Å². The van der Waals surface area contributed by atoms with E-state index in [4.69, 9.17) is 4.74 Å². The summed E-state index contributed by atoms with van der Waals surface area (Å²) in [6.45, 7) is 6.75. The van der Waals surface area contributed by atoms with E-state index in [1.165, 1.54) is 75.5 Å². The Labute approximate surface area is 120 Å². The van der Waals surface area contributed by atoms with Crippen LogP contribution in [0.5, 0.6) is 0 Å². The molecular formula is C18H33O+. The van der Waals surface area contributed by atoms with Gasteiger partial charge in [-0.3, -0.25) is 0 Å². The maximum absolute atomic E-state index is 6.08. The van der Waals surface area contributed by atoms with Gasteiger partial charge in [0.1, 0.15) is 5.57 Å². The lowest BCUT2D eigenvalue weighted by molar-refractivity contribution is 0.145. The summed E-state index contributed by atoms with van der Waals surface area (Å²) in [7, 11) is 0. The van der Waals surface area contributed by atoms with E-state index in [0.717, 1.165) is 6.42 Å². The van der Waals surface area contributed by atoms with E-state index in [9.17, 15) is 0 Å². The molecule has 1 heteroatoms. The molecule has 1 atom stereocenters. The van der Waals surface area contributed by atoms with Crippen LogP contribution in [-0.2, 0) is 4.74 Å². The van der Waals surface area contributed by atoms with E-state index < -0.39 is 0 Å². The molecule has 1 aliphatic rings. The Balaban J connectivity index is 2.08. The summed E-state index contributed by atoms with van der Waals surface area (Å²) in [6.07, 6.45) is 17.2. The highest BCUT2D eigenvalue weighted by Gasteiger charge is 2.31. The van der Waals surface area contributed by atoms with Crippen molar-refractivity contribution in [2.75, 3.05) is 0 Å². The van der Waals surface area contributed by atoms with Crippen molar-refractivity contribution in [3.8, 4) is 0 Å². The second-order valence-electron chi connectivity index (χ2n) is 5.94. The van der Waals surface area contributed by atoms with Crippen molar-refractivity contribution in [1.82, 2.24) is 0 Å². The van der Waals surface area contributed by atoms with Gasteiger partial charge in [-0.2, -0.15) is 0 Å². The first kappa shape index (κ1) is 16.5. The summed E-state index contributed by atoms with van der Waals surface area (Å²) in [5, 5.41) is 0. The number of ether oxygens (including phenoxy) is 1. The minimum atomic E-state index is 0.378. The molecule has 0 bridgehead atoms. The van der Waals surface area contributed by atoms with Crippen molar-refractivity contribution in [3.05, 3.63) is 17.8 Å². The number of hydrogen-bond acceptors (Lipinski definition) is 1. The number of allylic oxidation sites excluding steroid dienone is 1. The number of unbranched alkanes of at least 4 members (excludes halogenated alkanes) is 7. The zero-order chi connectivity index (χ0) is 13.9. The zero-order valence-corrected chi connectivity index (χ0v) is 13.3. The lowest BCUT2D eigenvalue weighted by Gasteiger charge is -2.06. The molecule has 0 radical (unpaired) electrons. The zero-order valence-electron chi connectivity index (χ0n) is 13.3. The van der Waals surface area contributed by atoms with Gasteiger partial charge in [-0.1, -0.05) is 58.8 Å². The summed E-state index contributed by atoms with van der Waals surface area (Å²) in [5.74, 6) is 1.27.